The van der Waals surface area contributed by atoms with Crippen molar-refractivity contribution in [3.63, 3.8) is 0 Å². The fourth-order valence-corrected chi connectivity index (χ4v) is 5.63. The number of carbonyl (C=O) groups excluding carboxylic acids is 3. The summed E-state index contributed by atoms with van der Waals surface area (Å²) in [5.74, 6) is -1.21. The van der Waals surface area contributed by atoms with Crippen LogP contribution in [0.15, 0.2) is 47.5 Å². The maximum Gasteiger partial charge on any atom is 0.239 e. The molecule has 4 rings (SSSR count). The van der Waals surface area contributed by atoms with E-state index in [0.717, 1.165) is 25.9 Å². The number of nitrogens with one attached hydrogen (secondary N) is 2. The Hall–Kier alpha value is -2.35. The van der Waals surface area contributed by atoms with Gasteiger partial charge in [-0.2, -0.15) is 0 Å². The molecule has 3 aliphatic rings. The van der Waals surface area contributed by atoms with E-state index in [0.29, 0.717) is 22.2 Å². The number of nitrogens with zero attached hydrogens (tertiary/aromatic N) is 2. The second-order valence-corrected chi connectivity index (χ2v) is 10.6. The molecule has 0 saturated carbocycles. The fourth-order valence-electron chi connectivity index (χ4n) is 5.19. The summed E-state index contributed by atoms with van der Waals surface area (Å²) in [6.07, 6.45) is 8.44. The number of carbonyl (C=O) groups is 3. The summed E-state index contributed by atoms with van der Waals surface area (Å²) in [6.45, 7) is 2.02. The van der Waals surface area contributed by atoms with Gasteiger partial charge in [-0.15, -0.1) is 0 Å². The van der Waals surface area contributed by atoms with Crippen LogP contribution in [0.3, 0.4) is 0 Å². The summed E-state index contributed by atoms with van der Waals surface area (Å²) < 4.78 is 0. The number of piperidine rings is 2. The molecule has 7 nitrogen and oxygen atoms in total. The third kappa shape index (κ3) is 6.87. The van der Waals surface area contributed by atoms with Crippen LogP contribution in [-0.4, -0.2) is 66.8 Å². The lowest BCUT2D eigenvalue weighted by molar-refractivity contribution is -0.145. The van der Waals surface area contributed by atoms with Gasteiger partial charge in [0.15, 0.2) is 0 Å². The van der Waals surface area contributed by atoms with Gasteiger partial charge in [-0.05, 0) is 75.5 Å². The van der Waals surface area contributed by atoms with Crippen molar-refractivity contribution in [2.24, 2.45) is 17.8 Å². The van der Waals surface area contributed by atoms with Crippen LogP contribution in [0.25, 0.3) is 0 Å². The van der Waals surface area contributed by atoms with Crippen molar-refractivity contribution in [2.75, 3.05) is 38.5 Å². The van der Waals surface area contributed by atoms with Crippen molar-refractivity contribution in [3.05, 3.63) is 52.5 Å². The highest BCUT2D eigenvalue weighted by atomic mass is 35.5. The normalized spacial score (nSPS) is 25.8. The van der Waals surface area contributed by atoms with Gasteiger partial charge in [0.25, 0.3) is 0 Å². The van der Waals surface area contributed by atoms with E-state index in [1.54, 1.807) is 24.3 Å². The molecule has 2 N–H and O–H groups in total. The second kappa shape index (κ2) is 11.6. The Balaban J connectivity index is 1.46. The molecule has 1 aromatic rings. The van der Waals surface area contributed by atoms with Gasteiger partial charge in [-0.3, -0.25) is 14.4 Å². The van der Waals surface area contributed by atoms with E-state index in [2.05, 4.69) is 22.6 Å². The Kier molecular flexibility index (Phi) is 8.52. The highest BCUT2D eigenvalue weighted by Crippen LogP contribution is 2.37. The van der Waals surface area contributed by atoms with E-state index in [4.69, 9.17) is 23.2 Å². The molecule has 0 radical (unpaired) electrons. The average molecular weight is 519 g/mol. The number of hydrogen-bond acceptors (Lipinski definition) is 4. The molecular weight excluding hydrogens is 487 g/mol. The van der Waals surface area contributed by atoms with Crippen LogP contribution >= 0.6 is 23.2 Å². The molecule has 2 heterocycles. The first-order chi connectivity index (χ1) is 16.8. The van der Waals surface area contributed by atoms with E-state index in [1.807, 2.05) is 18.2 Å². The zero-order valence-corrected chi connectivity index (χ0v) is 21.4. The number of amides is 3. The predicted octanol–water partition coefficient (Wildman–Crippen LogP) is 3.65. The molecule has 9 heteroatoms. The molecule has 0 bridgehead atoms. The van der Waals surface area contributed by atoms with Crippen molar-refractivity contribution >= 4 is 46.6 Å². The molecule has 0 aromatic heterocycles. The molecule has 2 saturated heterocycles. The van der Waals surface area contributed by atoms with Gasteiger partial charge < -0.3 is 20.4 Å². The molecule has 2 aliphatic heterocycles. The lowest BCUT2D eigenvalue weighted by Crippen LogP contribution is -2.54. The SMILES string of the molecule is CN1CCC(NC(=O)CN2C[C@@H](C(=O)Nc3cccc(Cl)c3)[C@H](C3C=C(Cl)C=CC3)CC2=O)CC1. The molecule has 1 unspecified atom stereocenters. The van der Waals surface area contributed by atoms with Crippen molar-refractivity contribution in [3.8, 4) is 0 Å². The van der Waals surface area contributed by atoms with E-state index in [9.17, 15) is 14.4 Å². The second-order valence-electron chi connectivity index (χ2n) is 9.75. The summed E-state index contributed by atoms with van der Waals surface area (Å²) in [6, 6.07) is 7.10. The Morgan fingerprint density at radius 2 is 1.94 bits per heavy atom. The van der Waals surface area contributed by atoms with Gasteiger partial charge >= 0.3 is 0 Å². The molecule has 188 valence electrons. The van der Waals surface area contributed by atoms with Crippen molar-refractivity contribution < 1.29 is 14.4 Å². The molecule has 1 aliphatic carbocycles. The lowest BCUT2D eigenvalue weighted by atomic mass is 9.73. The summed E-state index contributed by atoms with van der Waals surface area (Å²) in [5.41, 5.74) is 0.599. The molecule has 3 amide bonds. The largest absolute Gasteiger partial charge is 0.352 e. The van der Waals surface area contributed by atoms with Crippen LogP contribution < -0.4 is 10.6 Å². The third-order valence-electron chi connectivity index (χ3n) is 7.15. The Morgan fingerprint density at radius 3 is 2.66 bits per heavy atom. The third-order valence-corrected chi connectivity index (χ3v) is 7.64. The molecule has 3 atom stereocenters. The molecule has 0 spiro atoms. The number of likely N-dealkylation sites (tertiary alicyclic amines) is 2. The van der Waals surface area contributed by atoms with Gasteiger partial charge in [0, 0.05) is 34.7 Å². The summed E-state index contributed by atoms with van der Waals surface area (Å²) in [7, 11) is 2.07. The van der Waals surface area contributed by atoms with E-state index in [1.165, 1.54) is 4.90 Å². The molecule has 35 heavy (non-hydrogen) atoms. The van der Waals surface area contributed by atoms with Crippen LogP contribution in [-0.2, 0) is 14.4 Å². The Labute approximate surface area is 216 Å². The summed E-state index contributed by atoms with van der Waals surface area (Å²) >= 11 is 12.3. The van der Waals surface area contributed by atoms with E-state index in [-0.39, 0.29) is 55.1 Å². The molecule has 2 fully saturated rings. The highest BCUT2D eigenvalue weighted by molar-refractivity contribution is 6.31. The number of allylic oxidation sites excluding steroid dienone is 4. The number of rotatable bonds is 6. The van der Waals surface area contributed by atoms with E-state index >= 15 is 0 Å². The van der Waals surface area contributed by atoms with Crippen molar-refractivity contribution in [1.82, 2.24) is 15.1 Å². The first-order valence-electron chi connectivity index (χ1n) is 12.1. The quantitative estimate of drug-likeness (QED) is 0.602. The van der Waals surface area contributed by atoms with Crippen LogP contribution in [0.5, 0.6) is 0 Å². The number of hydrogen-bond donors (Lipinski definition) is 2. The van der Waals surface area contributed by atoms with Crippen LogP contribution in [0.4, 0.5) is 5.69 Å². The van der Waals surface area contributed by atoms with Gasteiger partial charge in [-0.25, -0.2) is 0 Å². The van der Waals surface area contributed by atoms with E-state index < -0.39 is 5.92 Å². The van der Waals surface area contributed by atoms with Crippen LogP contribution in [0.2, 0.25) is 5.02 Å². The Bertz CT molecular complexity index is 1020. The average Bonchev–Trinajstić information content (AvgIpc) is 2.81. The minimum Gasteiger partial charge on any atom is -0.352 e. The topological polar surface area (TPSA) is 81.8 Å². The monoisotopic (exact) mass is 518 g/mol. The fraction of sp³-hybridized carbons (Fsp3) is 0.500. The predicted molar refractivity (Wildman–Crippen MR) is 138 cm³/mol. The van der Waals surface area contributed by atoms with Gasteiger partial charge in [-0.1, -0.05) is 41.4 Å². The number of halogens is 2. The molecule has 1 aromatic carbocycles. The van der Waals surface area contributed by atoms with Gasteiger partial charge in [0.2, 0.25) is 17.7 Å². The maximum atomic E-state index is 13.4. The van der Waals surface area contributed by atoms with Gasteiger partial charge in [0.05, 0.1) is 12.5 Å². The number of benzene rings is 1. The summed E-state index contributed by atoms with van der Waals surface area (Å²) in [4.78, 5) is 43.0. The maximum absolute atomic E-state index is 13.4. The Morgan fingerprint density at radius 1 is 1.17 bits per heavy atom. The zero-order valence-electron chi connectivity index (χ0n) is 19.9. The first kappa shape index (κ1) is 25.7. The summed E-state index contributed by atoms with van der Waals surface area (Å²) in [5, 5.41) is 7.16. The standard InChI is InChI=1S/C26H32Cl2N4O3/c1-31-10-8-20(9-11-31)29-24(33)16-32-15-23(26(35)30-21-7-3-6-19(28)13-21)22(14-25(32)34)17-4-2-5-18(27)12-17/h2-3,5-7,12-13,17,20,22-23H,4,8-11,14-16H2,1H3,(H,29,33)(H,30,35)/t17?,22-,23+/m0/s1. The minimum atomic E-state index is -0.486. The first-order valence-corrected chi connectivity index (χ1v) is 12.9. The number of anilines is 1. The molecular formula is C26H32Cl2N4O3. The van der Waals surface area contributed by atoms with Crippen LogP contribution in [0.1, 0.15) is 25.7 Å². The van der Waals surface area contributed by atoms with Crippen molar-refractivity contribution in [1.29, 1.82) is 0 Å². The van der Waals surface area contributed by atoms with Crippen LogP contribution in [0, 0.1) is 17.8 Å². The van der Waals surface area contributed by atoms with Gasteiger partial charge in [0.1, 0.15) is 0 Å². The van der Waals surface area contributed by atoms with Crippen molar-refractivity contribution in [2.45, 2.75) is 31.7 Å². The lowest BCUT2D eigenvalue weighted by Gasteiger charge is -2.40. The highest BCUT2D eigenvalue weighted by Gasteiger charge is 2.42. The zero-order chi connectivity index (χ0) is 24.9. The minimum absolute atomic E-state index is 0.0261. The smallest absolute Gasteiger partial charge is 0.239 e.